The number of rotatable bonds is 2. The van der Waals surface area contributed by atoms with Crippen molar-refractivity contribution in [3.63, 3.8) is 0 Å². The zero-order chi connectivity index (χ0) is 10.7. The molecule has 0 aromatic carbocycles. The Balaban J connectivity index is 2.01. The topological polar surface area (TPSA) is 34.1 Å². The minimum atomic E-state index is 0.495. The van der Waals surface area contributed by atoms with Crippen LogP contribution in [0, 0.1) is 5.92 Å². The van der Waals surface area contributed by atoms with Gasteiger partial charge in [-0.1, -0.05) is 6.92 Å². The summed E-state index contributed by atoms with van der Waals surface area (Å²) in [6.45, 7) is 3.91. The third kappa shape index (κ3) is 2.92. The summed E-state index contributed by atoms with van der Waals surface area (Å²) in [4.78, 5) is 4.13. The maximum absolute atomic E-state index is 5.41. The molecule has 0 amide bonds. The highest BCUT2D eigenvalue weighted by Gasteiger charge is 2.21. The fourth-order valence-corrected chi connectivity index (χ4v) is 2.16. The predicted molar refractivity (Wildman–Crippen MR) is 63.9 cm³/mol. The second-order valence-corrected chi connectivity index (χ2v) is 4.90. The second kappa shape index (κ2) is 4.94. The van der Waals surface area contributed by atoms with Crippen molar-refractivity contribution in [3.05, 3.63) is 22.9 Å². The molecular formula is C11H15BrN2O. The zero-order valence-corrected chi connectivity index (χ0v) is 10.3. The van der Waals surface area contributed by atoms with Gasteiger partial charge < -0.3 is 10.1 Å². The number of anilines is 1. The van der Waals surface area contributed by atoms with Crippen LogP contribution in [-0.2, 0) is 4.74 Å². The molecule has 2 unspecified atom stereocenters. The van der Waals surface area contributed by atoms with Crippen molar-refractivity contribution < 1.29 is 4.74 Å². The lowest BCUT2D eigenvalue weighted by atomic mass is 9.98. The molecule has 2 atom stereocenters. The molecule has 1 saturated heterocycles. The highest BCUT2D eigenvalue weighted by Crippen LogP contribution is 2.20. The number of nitrogens with one attached hydrogen (secondary N) is 1. The van der Waals surface area contributed by atoms with Crippen molar-refractivity contribution in [1.82, 2.24) is 4.98 Å². The van der Waals surface area contributed by atoms with Crippen LogP contribution < -0.4 is 5.32 Å². The van der Waals surface area contributed by atoms with Gasteiger partial charge in [-0.05, 0) is 34.3 Å². The maximum Gasteiger partial charge on any atom is 0.0540 e. The van der Waals surface area contributed by atoms with Crippen LogP contribution in [0.4, 0.5) is 5.69 Å². The van der Waals surface area contributed by atoms with Gasteiger partial charge in [0.25, 0.3) is 0 Å². The molecule has 82 valence electrons. The fraction of sp³-hybridized carbons (Fsp3) is 0.545. The molecule has 4 heteroatoms. The second-order valence-electron chi connectivity index (χ2n) is 3.98. The Bertz CT molecular complexity index is 332. The van der Waals surface area contributed by atoms with Crippen molar-refractivity contribution in [1.29, 1.82) is 0 Å². The standard InChI is InChI=1S/C11H15BrN2O/c1-8-7-15-3-2-11(8)14-10-4-9(12)5-13-6-10/h4-6,8,11,14H,2-3,7H2,1H3. The Kier molecular flexibility index (Phi) is 3.59. The molecule has 1 aromatic heterocycles. The summed E-state index contributed by atoms with van der Waals surface area (Å²) >= 11 is 3.41. The van der Waals surface area contributed by atoms with Crippen LogP contribution in [0.2, 0.25) is 0 Å². The number of hydrogen-bond acceptors (Lipinski definition) is 3. The van der Waals surface area contributed by atoms with Crippen LogP contribution in [-0.4, -0.2) is 24.2 Å². The van der Waals surface area contributed by atoms with E-state index in [0.717, 1.165) is 29.8 Å². The highest BCUT2D eigenvalue weighted by atomic mass is 79.9. The van der Waals surface area contributed by atoms with Crippen LogP contribution in [0.25, 0.3) is 0 Å². The van der Waals surface area contributed by atoms with Gasteiger partial charge in [-0.15, -0.1) is 0 Å². The molecule has 0 spiro atoms. The maximum atomic E-state index is 5.41. The van der Waals surface area contributed by atoms with E-state index in [2.05, 4.69) is 39.2 Å². The van der Waals surface area contributed by atoms with Crippen LogP contribution in [0.5, 0.6) is 0 Å². The van der Waals surface area contributed by atoms with Gasteiger partial charge in [0.1, 0.15) is 0 Å². The SMILES string of the molecule is CC1COCCC1Nc1cncc(Br)c1. The summed E-state index contributed by atoms with van der Waals surface area (Å²) in [6.07, 6.45) is 4.71. The van der Waals surface area contributed by atoms with Crippen LogP contribution >= 0.6 is 15.9 Å². The van der Waals surface area contributed by atoms with Gasteiger partial charge in [-0.3, -0.25) is 4.98 Å². The quantitative estimate of drug-likeness (QED) is 0.898. The molecule has 2 heterocycles. The van der Waals surface area contributed by atoms with Crippen LogP contribution in [0.3, 0.4) is 0 Å². The van der Waals surface area contributed by atoms with E-state index in [1.807, 2.05) is 6.20 Å². The van der Waals surface area contributed by atoms with Crippen molar-refractivity contribution >= 4 is 21.6 Å². The molecule has 2 rings (SSSR count). The first kappa shape index (κ1) is 10.9. The summed E-state index contributed by atoms with van der Waals surface area (Å²) < 4.78 is 6.42. The zero-order valence-electron chi connectivity index (χ0n) is 8.74. The molecule has 0 bridgehead atoms. The largest absolute Gasteiger partial charge is 0.381 e. The van der Waals surface area contributed by atoms with Crippen molar-refractivity contribution in [3.8, 4) is 0 Å². The smallest absolute Gasteiger partial charge is 0.0540 e. The highest BCUT2D eigenvalue weighted by molar-refractivity contribution is 9.10. The summed E-state index contributed by atoms with van der Waals surface area (Å²) in [5.74, 6) is 0.553. The summed E-state index contributed by atoms with van der Waals surface area (Å²) in [6, 6.07) is 2.55. The molecule has 3 nitrogen and oxygen atoms in total. The minimum absolute atomic E-state index is 0.495. The molecule has 0 radical (unpaired) electrons. The molecule has 0 saturated carbocycles. The lowest BCUT2D eigenvalue weighted by Crippen LogP contribution is -2.35. The van der Waals surface area contributed by atoms with Gasteiger partial charge in [-0.25, -0.2) is 0 Å². The Morgan fingerprint density at radius 1 is 1.53 bits per heavy atom. The summed E-state index contributed by atoms with van der Waals surface area (Å²) in [7, 11) is 0. The minimum Gasteiger partial charge on any atom is -0.381 e. The number of halogens is 1. The first-order valence-corrected chi connectivity index (χ1v) is 6.00. The molecule has 1 aromatic rings. The number of hydrogen-bond donors (Lipinski definition) is 1. The first-order valence-electron chi connectivity index (χ1n) is 5.20. The molecular weight excluding hydrogens is 256 g/mol. The third-order valence-corrected chi connectivity index (χ3v) is 3.13. The van der Waals surface area contributed by atoms with Gasteiger partial charge in [-0.2, -0.15) is 0 Å². The fourth-order valence-electron chi connectivity index (χ4n) is 1.80. The lowest BCUT2D eigenvalue weighted by Gasteiger charge is -2.30. The van der Waals surface area contributed by atoms with Gasteiger partial charge in [0.15, 0.2) is 0 Å². The number of ether oxygens (including phenoxy) is 1. The Hall–Kier alpha value is -0.610. The number of pyridine rings is 1. The van der Waals surface area contributed by atoms with E-state index in [-0.39, 0.29) is 0 Å². The van der Waals surface area contributed by atoms with Gasteiger partial charge in [0.05, 0.1) is 18.5 Å². The van der Waals surface area contributed by atoms with E-state index >= 15 is 0 Å². The lowest BCUT2D eigenvalue weighted by molar-refractivity contribution is 0.0537. The van der Waals surface area contributed by atoms with E-state index in [0.29, 0.717) is 12.0 Å². The van der Waals surface area contributed by atoms with E-state index in [4.69, 9.17) is 4.74 Å². The van der Waals surface area contributed by atoms with E-state index < -0.39 is 0 Å². The number of nitrogens with zero attached hydrogens (tertiary/aromatic N) is 1. The normalized spacial score (nSPS) is 26.3. The monoisotopic (exact) mass is 270 g/mol. The number of aromatic nitrogens is 1. The van der Waals surface area contributed by atoms with Crippen molar-refractivity contribution in [2.45, 2.75) is 19.4 Å². The van der Waals surface area contributed by atoms with Gasteiger partial charge in [0.2, 0.25) is 0 Å². The third-order valence-electron chi connectivity index (χ3n) is 2.70. The average molecular weight is 271 g/mol. The Labute approximate surface area is 98.4 Å². The van der Waals surface area contributed by atoms with Crippen molar-refractivity contribution in [2.24, 2.45) is 5.92 Å². The molecule has 1 aliphatic heterocycles. The van der Waals surface area contributed by atoms with E-state index in [9.17, 15) is 0 Å². The molecule has 1 N–H and O–H groups in total. The predicted octanol–water partition coefficient (Wildman–Crippen LogP) is 2.68. The average Bonchev–Trinajstić information content (AvgIpc) is 2.22. The van der Waals surface area contributed by atoms with E-state index in [1.165, 1.54) is 0 Å². The molecule has 1 fully saturated rings. The Morgan fingerprint density at radius 3 is 3.13 bits per heavy atom. The van der Waals surface area contributed by atoms with Crippen LogP contribution in [0.15, 0.2) is 22.9 Å². The van der Waals surface area contributed by atoms with E-state index in [1.54, 1.807) is 6.20 Å². The molecule has 1 aliphatic rings. The summed E-state index contributed by atoms with van der Waals surface area (Å²) in [5, 5.41) is 3.50. The van der Waals surface area contributed by atoms with Gasteiger partial charge >= 0.3 is 0 Å². The van der Waals surface area contributed by atoms with Gasteiger partial charge in [0, 0.05) is 23.3 Å². The first-order chi connectivity index (χ1) is 7.25. The van der Waals surface area contributed by atoms with Crippen LogP contribution in [0.1, 0.15) is 13.3 Å². The Morgan fingerprint density at radius 2 is 2.40 bits per heavy atom. The molecule has 15 heavy (non-hydrogen) atoms. The molecule has 0 aliphatic carbocycles. The summed E-state index contributed by atoms with van der Waals surface area (Å²) in [5.41, 5.74) is 1.07. The van der Waals surface area contributed by atoms with Crippen molar-refractivity contribution in [2.75, 3.05) is 18.5 Å².